The lowest BCUT2D eigenvalue weighted by molar-refractivity contribution is 0.0955. The average Bonchev–Trinajstić information content (AvgIpc) is 3.39. The number of carbonyl (C=O) groups excluding carboxylic acids is 1. The van der Waals surface area contributed by atoms with Crippen molar-refractivity contribution < 1.29 is 4.79 Å². The van der Waals surface area contributed by atoms with Crippen LogP contribution in [0.4, 0.5) is 0 Å². The summed E-state index contributed by atoms with van der Waals surface area (Å²) in [6, 6.07) is 8.35. The molecule has 0 unspecified atom stereocenters. The second-order valence-corrected chi connectivity index (χ2v) is 7.94. The van der Waals surface area contributed by atoms with E-state index >= 15 is 0 Å². The van der Waals surface area contributed by atoms with E-state index in [0.29, 0.717) is 11.6 Å². The lowest BCUT2D eigenvalue weighted by Gasteiger charge is -2.17. The summed E-state index contributed by atoms with van der Waals surface area (Å²) in [5.41, 5.74) is 8.64. The van der Waals surface area contributed by atoms with Crippen molar-refractivity contribution in [2.24, 2.45) is 5.10 Å². The van der Waals surface area contributed by atoms with Crippen LogP contribution in [0.15, 0.2) is 29.4 Å². The number of hydrogen-bond acceptors (Lipinski definition) is 3. The van der Waals surface area contributed by atoms with Crippen LogP contribution in [0.5, 0.6) is 0 Å². The third kappa shape index (κ3) is 3.59. The molecule has 6 nitrogen and oxygen atoms in total. The first-order valence-corrected chi connectivity index (χ1v) is 10.5. The molecule has 1 aliphatic rings. The lowest BCUT2D eigenvalue weighted by Crippen LogP contribution is -2.17. The Hall–Kier alpha value is -2.89. The molecule has 1 aromatic carbocycles. The summed E-state index contributed by atoms with van der Waals surface area (Å²) in [6.45, 7) is 9.21. The van der Waals surface area contributed by atoms with Crippen molar-refractivity contribution in [3.63, 3.8) is 0 Å². The molecule has 29 heavy (non-hydrogen) atoms. The van der Waals surface area contributed by atoms with Crippen LogP contribution < -0.4 is 5.43 Å². The molecule has 2 heterocycles. The average molecular weight is 392 g/mol. The van der Waals surface area contributed by atoms with Gasteiger partial charge >= 0.3 is 0 Å². The van der Waals surface area contributed by atoms with Gasteiger partial charge in [0, 0.05) is 35.1 Å². The number of nitrogens with zero attached hydrogens (tertiary/aromatic N) is 4. The smallest absolute Gasteiger partial charge is 0.271 e. The van der Waals surface area contributed by atoms with Gasteiger partial charge in [-0.3, -0.25) is 4.79 Å². The number of aryl methyl sites for hydroxylation is 3. The summed E-state index contributed by atoms with van der Waals surface area (Å²) < 4.78 is 4.56. The zero-order chi connectivity index (χ0) is 20.5. The lowest BCUT2D eigenvalue weighted by atomic mass is 10.2. The second kappa shape index (κ2) is 7.85. The van der Waals surface area contributed by atoms with E-state index in [-0.39, 0.29) is 5.91 Å². The Morgan fingerprint density at radius 1 is 1.24 bits per heavy atom. The number of carbonyl (C=O) groups is 1. The quantitative estimate of drug-likeness (QED) is 0.508. The van der Waals surface area contributed by atoms with Crippen molar-refractivity contribution in [2.45, 2.75) is 66.0 Å². The van der Waals surface area contributed by atoms with Crippen LogP contribution in [0, 0.1) is 20.8 Å². The molecule has 2 aromatic heterocycles. The number of imidazole rings is 1. The van der Waals surface area contributed by atoms with Crippen LogP contribution in [-0.4, -0.2) is 26.2 Å². The molecule has 0 bridgehead atoms. The fraction of sp³-hybridized carbons (Fsp3) is 0.435. The first-order valence-electron chi connectivity index (χ1n) is 10.5. The highest BCUT2D eigenvalue weighted by Gasteiger charge is 2.20. The van der Waals surface area contributed by atoms with Gasteiger partial charge in [0.2, 0.25) is 0 Å². The van der Waals surface area contributed by atoms with Gasteiger partial charge in [-0.2, -0.15) is 5.10 Å². The Kier molecular flexibility index (Phi) is 5.26. The summed E-state index contributed by atoms with van der Waals surface area (Å²) in [5.74, 6) is 0.729. The maximum absolute atomic E-state index is 12.5. The minimum Gasteiger partial charge on any atom is -0.345 e. The van der Waals surface area contributed by atoms with E-state index in [1.165, 1.54) is 37.1 Å². The molecular weight excluding hydrogens is 362 g/mol. The monoisotopic (exact) mass is 391 g/mol. The Balaban J connectivity index is 1.49. The molecule has 152 valence electrons. The van der Waals surface area contributed by atoms with E-state index in [2.05, 4.69) is 51.5 Å². The molecule has 0 saturated heterocycles. The predicted molar refractivity (Wildman–Crippen MR) is 117 cm³/mol. The van der Waals surface area contributed by atoms with E-state index in [1.807, 2.05) is 25.1 Å². The zero-order valence-corrected chi connectivity index (χ0v) is 17.7. The largest absolute Gasteiger partial charge is 0.345 e. The number of hydrazone groups is 1. The predicted octanol–water partition coefficient (Wildman–Crippen LogP) is 4.66. The van der Waals surface area contributed by atoms with Gasteiger partial charge in [-0.05, 0) is 64.8 Å². The topological polar surface area (TPSA) is 64.2 Å². The van der Waals surface area contributed by atoms with Crippen LogP contribution >= 0.6 is 0 Å². The Bertz CT molecular complexity index is 1080. The number of fused-ring (bicyclic) bond motifs is 1. The molecule has 6 heteroatoms. The fourth-order valence-corrected chi connectivity index (χ4v) is 4.67. The number of benzene rings is 1. The summed E-state index contributed by atoms with van der Waals surface area (Å²) >= 11 is 0. The minimum absolute atomic E-state index is 0.226. The number of aromatic nitrogens is 3. The van der Waals surface area contributed by atoms with Gasteiger partial charge in [0.05, 0.1) is 17.2 Å². The van der Waals surface area contributed by atoms with Crippen LogP contribution in [0.1, 0.15) is 71.8 Å². The third-order valence-electron chi connectivity index (χ3n) is 6.10. The summed E-state index contributed by atoms with van der Waals surface area (Å²) in [5, 5.41) is 4.22. The van der Waals surface area contributed by atoms with Crippen molar-refractivity contribution in [3.05, 3.63) is 52.6 Å². The number of rotatable bonds is 5. The fourth-order valence-electron chi connectivity index (χ4n) is 4.67. The SMILES string of the molecule is CCn1c(C)nc2cc(C(=O)N/N=C/c3cc(C)n(C4CCCC4)c3C)ccc21. The highest BCUT2D eigenvalue weighted by atomic mass is 16.2. The molecule has 1 aliphatic carbocycles. The number of hydrogen-bond donors (Lipinski definition) is 1. The third-order valence-corrected chi connectivity index (χ3v) is 6.10. The van der Waals surface area contributed by atoms with Crippen LogP contribution in [0.25, 0.3) is 11.0 Å². The molecule has 0 spiro atoms. The molecule has 3 aromatic rings. The van der Waals surface area contributed by atoms with Crippen molar-refractivity contribution in [1.29, 1.82) is 0 Å². The van der Waals surface area contributed by atoms with Gasteiger partial charge in [-0.15, -0.1) is 0 Å². The Morgan fingerprint density at radius 2 is 2.00 bits per heavy atom. The van der Waals surface area contributed by atoms with Gasteiger partial charge in [-0.1, -0.05) is 12.8 Å². The van der Waals surface area contributed by atoms with Crippen molar-refractivity contribution in [3.8, 4) is 0 Å². The maximum Gasteiger partial charge on any atom is 0.271 e. The summed E-state index contributed by atoms with van der Waals surface area (Å²) in [4.78, 5) is 17.1. The van der Waals surface area contributed by atoms with Crippen LogP contribution in [0.2, 0.25) is 0 Å². The van der Waals surface area contributed by atoms with E-state index in [0.717, 1.165) is 29.0 Å². The molecule has 0 aliphatic heterocycles. The molecule has 1 N–H and O–H groups in total. The standard InChI is InChI=1S/C23H29N5O/c1-5-27-17(4)25-21-13-18(10-11-22(21)27)23(29)26-24-14-19-12-15(2)28(16(19)3)20-8-6-7-9-20/h10-14,20H,5-9H2,1-4H3,(H,26,29)/b24-14+. The highest BCUT2D eigenvalue weighted by Crippen LogP contribution is 2.33. The second-order valence-electron chi connectivity index (χ2n) is 7.94. The first kappa shape index (κ1) is 19.4. The zero-order valence-electron chi connectivity index (χ0n) is 17.7. The normalized spacial score (nSPS) is 15.0. The molecular formula is C23H29N5O. The summed E-state index contributed by atoms with van der Waals surface area (Å²) in [7, 11) is 0. The van der Waals surface area contributed by atoms with Gasteiger partial charge in [0.15, 0.2) is 0 Å². The number of nitrogens with one attached hydrogen (secondary N) is 1. The van der Waals surface area contributed by atoms with Gasteiger partial charge in [0.1, 0.15) is 5.82 Å². The van der Waals surface area contributed by atoms with Crippen LogP contribution in [-0.2, 0) is 6.54 Å². The van der Waals surface area contributed by atoms with Crippen molar-refractivity contribution in [1.82, 2.24) is 19.5 Å². The minimum atomic E-state index is -0.226. The Labute approximate surface area is 171 Å². The first-order chi connectivity index (χ1) is 14.0. The van der Waals surface area contributed by atoms with Gasteiger partial charge in [-0.25, -0.2) is 10.4 Å². The molecule has 0 radical (unpaired) electrons. The molecule has 1 saturated carbocycles. The van der Waals surface area contributed by atoms with E-state index in [1.54, 1.807) is 6.21 Å². The number of amides is 1. The van der Waals surface area contributed by atoms with Gasteiger partial charge in [0.25, 0.3) is 5.91 Å². The van der Waals surface area contributed by atoms with Crippen LogP contribution in [0.3, 0.4) is 0 Å². The van der Waals surface area contributed by atoms with E-state index in [4.69, 9.17) is 0 Å². The highest BCUT2D eigenvalue weighted by molar-refractivity contribution is 5.98. The molecule has 4 rings (SSSR count). The van der Waals surface area contributed by atoms with Gasteiger partial charge < -0.3 is 9.13 Å². The summed E-state index contributed by atoms with van der Waals surface area (Å²) in [6.07, 6.45) is 6.86. The van der Waals surface area contributed by atoms with Crippen molar-refractivity contribution >= 4 is 23.2 Å². The van der Waals surface area contributed by atoms with E-state index in [9.17, 15) is 4.79 Å². The Morgan fingerprint density at radius 3 is 2.72 bits per heavy atom. The van der Waals surface area contributed by atoms with E-state index < -0.39 is 0 Å². The molecule has 1 amide bonds. The van der Waals surface area contributed by atoms with Crippen molar-refractivity contribution in [2.75, 3.05) is 0 Å². The molecule has 1 fully saturated rings. The maximum atomic E-state index is 12.5. The molecule has 0 atom stereocenters.